The van der Waals surface area contributed by atoms with Crippen LogP contribution in [0.2, 0.25) is 0 Å². The van der Waals surface area contributed by atoms with Gasteiger partial charge in [0.2, 0.25) is 5.65 Å². The number of carbonyl (C=O) groups is 1. The molecule has 0 bridgehead atoms. The van der Waals surface area contributed by atoms with Crippen molar-refractivity contribution in [1.82, 2.24) is 29.9 Å². The third kappa shape index (κ3) is 2.84. The molecular weight excluding hydrogens is 306 g/mol. The summed E-state index contributed by atoms with van der Waals surface area (Å²) in [4.78, 5) is 30.1. The van der Waals surface area contributed by atoms with Gasteiger partial charge in [-0.15, -0.1) is 5.10 Å². The fourth-order valence-corrected chi connectivity index (χ4v) is 2.04. The second-order valence-corrected chi connectivity index (χ2v) is 4.60. The number of ether oxygens (including phenoxy) is 1. The van der Waals surface area contributed by atoms with Crippen molar-refractivity contribution < 1.29 is 14.5 Å². The third-order valence-corrected chi connectivity index (χ3v) is 3.18. The number of pyridine rings is 1. The van der Waals surface area contributed by atoms with Crippen LogP contribution in [0.3, 0.4) is 0 Å². The molecule has 0 aromatic carbocycles. The van der Waals surface area contributed by atoms with Gasteiger partial charge in [-0.25, -0.2) is 19.3 Å². The van der Waals surface area contributed by atoms with Crippen LogP contribution in [0.1, 0.15) is 16.2 Å². The number of hydrogen-bond acceptors (Lipinski definition) is 8. The summed E-state index contributed by atoms with van der Waals surface area (Å²) in [5.74, 6) is -0.273. The van der Waals surface area contributed by atoms with E-state index in [0.29, 0.717) is 17.0 Å². The average Bonchev–Trinajstić information content (AvgIpc) is 3.13. The van der Waals surface area contributed by atoms with E-state index in [1.54, 1.807) is 6.92 Å². The molecule has 11 nitrogen and oxygen atoms in total. The third-order valence-electron chi connectivity index (χ3n) is 3.18. The summed E-state index contributed by atoms with van der Waals surface area (Å²) in [6.45, 7) is 1.73. The molecule has 3 aromatic heterocycles. The van der Waals surface area contributed by atoms with Gasteiger partial charge in [-0.2, -0.15) is 10.3 Å². The number of nitrogens with one attached hydrogen (secondary N) is 1. The molecule has 0 unspecified atom stereocenters. The number of carbonyl (C=O) groups excluding carboxylic acids is 1. The van der Waals surface area contributed by atoms with Crippen LogP contribution in [-0.2, 0) is 11.3 Å². The molecule has 0 saturated carbocycles. The lowest BCUT2D eigenvalue weighted by atomic mass is 10.3. The molecular formula is C12H11N7O4. The van der Waals surface area contributed by atoms with Crippen LogP contribution >= 0.6 is 0 Å². The van der Waals surface area contributed by atoms with Crippen molar-refractivity contribution in [3.63, 3.8) is 0 Å². The summed E-state index contributed by atoms with van der Waals surface area (Å²) in [7, 11) is 0. The van der Waals surface area contributed by atoms with E-state index in [-0.39, 0.29) is 24.5 Å². The van der Waals surface area contributed by atoms with E-state index in [2.05, 4.69) is 25.4 Å². The van der Waals surface area contributed by atoms with E-state index in [1.165, 1.54) is 23.0 Å². The highest BCUT2D eigenvalue weighted by Gasteiger charge is 2.18. The monoisotopic (exact) mass is 317 g/mol. The van der Waals surface area contributed by atoms with Crippen molar-refractivity contribution in [2.45, 2.75) is 13.5 Å². The van der Waals surface area contributed by atoms with Crippen molar-refractivity contribution in [3.05, 3.63) is 40.0 Å². The number of nitro groups is 1. The molecule has 0 aliphatic carbocycles. The molecule has 118 valence electrons. The number of aromatic amines is 1. The Kier molecular flexibility index (Phi) is 3.66. The zero-order valence-electron chi connectivity index (χ0n) is 12.0. The first-order valence-corrected chi connectivity index (χ1v) is 6.56. The number of rotatable bonds is 5. The predicted octanol–water partition coefficient (Wildman–Crippen LogP) is 0.623. The predicted molar refractivity (Wildman–Crippen MR) is 75.6 cm³/mol. The Morgan fingerprint density at radius 1 is 1.39 bits per heavy atom. The minimum absolute atomic E-state index is 0.0340. The van der Waals surface area contributed by atoms with Crippen LogP contribution in [0.15, 0.2) is 18.5 Å². The average molecular weight is 317 g/mol. The zero-order valence-corrected chi connectivity index (χ0v) is 12.0. The van der Waals surface area contributed by atoms with Crippen molar-refractivity contribution in [2.24, 2.45) is 0 Å². The molecule has 23 heavy (non-hydrogen) atoms. The summed E-state index contributed by atoms with van der Waals surface area (Å²) >= 11 is 0. The molecule has 0 radical (unpaired) electrons. The van der Waals surface area contributed by atoms with Crippen LogP contribution in [0.25, 0.3) is 11.2 Å². The number of H-pyrrole nitrogens is 1. The first-order chi connectivity index (χ1) is 11.1. The maximum Gasteiger partial charge on any atom is 0.342 e. The molecule has 1 N–H and O–H groups in total. The van der Waals surface area contributed by atoms with Crippen LogP contribution < -0.4 is 0 Å². The summed E-state index contributed by atoms with van der Waals surface area (Å²) in [5, 5.41) is 20.9. The van der Waals surface area contributed by atoms with Crippen LogP contribution in [-0.4, -0.2) is 47.4 Å². The zero-order chi connectivity index (χ0) is 16.4. The first kappa shape index (κ1) is 14.6. The van der Waals surface area contributed by atoms with Gasteiger partial charge < -0.3 is 14.9 Å². The lowest BCUT2D eigenvalue weighted by Gasteiger charge is -2.05. The van der Waals surface area contributed by atoms with Gasteiger partial charge in [0.15, 0.2) is 5.82 Å². The molecule has 0 amide bonds. The largest absolute Gasteiger partial charge is 0.458 e. The Morgan fingerprint density at radius 2 is 2.22 bits per heavy atom. The fourth-order valence-electron chi connectivity index (χ4n) is 2.04. The lowest BCUT2D eigenvalue weighted by Crippen LogP contribution is -2.14. The number of hydrogen-bond donors (Lipinski definition) is 1. The standard InChI is InChI=1S/C12H11N7O4/c1-7-13-6-10(19(21)22)18(7)2-3-23-12(20)8-4-9-11(14-5-8)16-17-15-9/h4-6H,2-3H2,1H3,(H,14,15,16,17). The molecule has 0 aliphatic heterocycles. The van der Waals surface area contributed by atoms with E-state index >= 15 is 0 Å². The molecule has 3 aromatic rings. The van der Waals surface area contributed by atoms with Gasteiger partial charge in [-0.05, 0) is 11.0 Å². The Labute approximate surface area is 128 Å². The number of nitrogens with zero attached hydrogens (tertiary/aromatic N) is 6. The van der Waals surface area contributed by atoms with Crippen molar-refractivity contribution in [2.75, 3.05) is 6.61 Å². The van der Waals surface area contributed by atoms with Crippen LogP contribution in [0.4, 0.5) is 5.82 Å². The number of imidazole rings is 1. The van der Waals surface area contributed by atoms with Crippen LogP contribution in [0.5, 0.6) is 0 Å². The quantitative estimate of drug-likeness (QED) is 0.410. The Bertz CT molecular complexity index is 885. The van der Waals surface area contributed by atoms with E-state index in [0.717, 1.165) is 0 Å². The van der Waals surface area contributed by atoms with E-state index in [9.17, 15) is 14.9 Å². The molecule has 0 fully saturated rings. The minimum atomic E-state index is -0.595. The van der Waals surface area contributed by atoms with E-state index in [1.807, 2.05) is 0 Å². The normalized spacial score (nSPS) is 10.8. The molecule has 3 rings (SSSR count). The number of aryl methyl sites for hydroxylation is 1. The number of fused-ring (bicyclic) bond motifs is 1. The Balaban J connectivity index is 1.65. The van der Waals surface area contributed by atoms with Gasteiger partial charge in [-0.3, -0.25) is 0 Å². The van der Waals surface area contributed by atoms with Gasteiger partial charge in [0.25, 0.3) is 0 Å². The topological polar surface area (TPSA) is 142 Å². The maximum atomic E-state index is 12.0. The summed E-state index contributed by atoms with van der Waals surface area (Å²) < 4.78 is 6.48. The van der Waals surface area contributed by atoms with E-state index < -0.39 is 10.9 Å². The summed E-state index contributed by atoms with van der Waals surface area (Å²) in [6.07, 6.45) is 2.50. The molecule has 0 atom stereocenters. The second kappa shape index (κ2) is 5.79. The van der Waals surface area contributed by atoms with Gasteiger partial charge >= 0.3 is 11.8 Å². The number of esters is 1. The van der Waals surface area contributed by atoms with Gasteiger partial charge in [0.1, 0.15) is 24.9 Å². The van der Waals surface area contributed by atoms with E-state index in [4.69, 9.17) is 4.74 Å². The SMILES string of the molecule is Cc1ncc([N+](=O)[O-])n1CCOC(=O)c1cnc2n[nH]nc2c1. The fraction of sp³-hybridized carbons (Fsp3) is 0.250. The maximum absolute atomic E-state index is 12.0. The lowest BCUT2D eigenvalue weighted by molar-refractivity contribution is -0.392. The van der Waals surface area contributed by atoms with Crippen LogP contribution in [0, 0.1) is 17.0 Å². The van der Waals surface area contributed by atoms with Crippen molar-refractivity contribution >= 4 is 23.0 Å². The summed E-state index contributed by atoms with van der Waals surface area (Å²) in [6, 6.07) is 1.50. The highest BCUT2D eigenvalue weighted by atomic mass is 16.6. The molecule has 0 spiro atoms. The molecule has 0 saturated heterocycles. The van der Waals surface area contributed by atoms with Gasteiger partial charge in [-0.1, -0.05) is 0 Å². The minimum Gasteiger partial charge on any atom is -0.458 e. The second-order valence-electron chi connectivity index (χ2n) is 4.60. The Morgan fingerprint density at radius 3 is 3.00 bits per heavy atom. The van der Waals surface area contributed by atoms with Crippen molar-refractivity contribution in [3.8, 4) is 0 Å². The molecule has 3 heterocycles. The first-order valence-electron chi connectivity index (χ1n) is 6.56. The highest BCUT2D eigenvalue weighted by Crippen LogP contribution is 2.13. The smallest absolute Gasteiger partial charge is 0.342 e. The van der Waals surface area contributed by atoms with Gasteiger partial charge in [0.05, 0.1) is 5.56 Å². The summed E-state index contributed by atoms with van der Waals surface area (Å²) in [5.41, 5.74) is 1.06. The van der Waals surface area contributed by atoms with Crippen molar-refractivity contribution in [1.29, 1.82) is 0 Å². The molecule has 0 aliphatic rings. The number of aromatic nitrogens is 6. The molecule has 11 heteroatoms. The highest BCUT2D eigenvalue weighted by molar-refractivity contribution is 5.92. The van der Waals surface area contributed by atoms with Gasteiger partial charge in [0, 0.05) is 13.1 Å². The Hall–Kier alpha value is -3.37.